The topological polar surface area (TPSA) is 38.5 Å². The zero-order valence-corrected chi connectivity index (χ0v) is 11.5. The van der Waals surface area contributed by atoms with E-state index in [1.54, 1.807) is 7.11 Å². The Morgan fingerprint density at radius 3 is 2.89 bits per heavy atom. The predicted molar refractivity (Wildman–Crippen MR) is 74.6 cm³/mol. The highest BCUT2D eigenvalue weighted by atomic mass is 16.5. The lowest BCUT2D eigenvalue weighted by Gasteiger charge is -2.33. The summed E-state index contributed by atoms with van der Waals surface area (Å²) in [5.74, 6) is 0.916. The minimum atomic E-state index is 0.531. The van der Waals surface area contributed by atoms with Crippen LogP contribution in [-0.2, 0) is 13.1 Å². The summed E-state index contributed by atoms with van der Waals surface area (Å²) in [7, 11) is 1.71. The monoisotopic (exact) mass is 248 g/mol. The average Bonchev–Trinajstić information content (AvgIpc) is 2.41. The maximum absolute atomic E-state index is 5.69. The normalized spacial score (nSPS) is 20.9. The van der Waals surface area contributed by atoms with Crippen molar-refractivity contribution >= 4 is 0 Å². The van der Waals surface area contributed by atoms with Crippen molar-refractivity contribution in [2.75, 3.05) is 13.7 Å². The summed E-state index contributed by atoms with van der Waals surface area (Å²) in [6.07, 6.45) is 4.01. The van der Waals surface area contributed by atoms with Crippen molar-refractivity contribution in [3.8, 4) is 5.75 Å². The first-order valence-electron chi connectivity index (χ1n) is 6.84. The van der Waals surface area contributed by atoms with E-state index in [-0.39, 0.29) is 0 Å². The number of hydrogen-bond donors (Lipinski definition) is 1. The fourth-order valence-electron chi connectivity index (χ4n) is 2.68. The molecule has 3 heteroatoms. The Labute approximate surface area is 110 Å². The van der Waals surface area contributed by atoms with Gasteiger partial charge in [-0.1, -0.05) is 18.6 Å². The van der Waals surface area contributed by atoms with E-state index >= 15 is 0 Å². The molecule has 1 saturated heterocycles. The van der Waals surface area contributed by atoms with E-state index in [0.717, 1.165) is 17.9 Å². The molecule has 0 spiro atoms. The number of methoxy groups -OCH3 is 1. The molecule has 1 aliphatic heterocycles. The molecule has 1 atom stereocenters. The fourth-order valence-corrected chi connectivity index (χ4v) is 2.68. The molecule has 100 valence electrons. The highest BCUT2D eigenvalue weighted by Crippen LogP contribution is 2.23. The van der Waals surface area contributed by atoms with Gasteiger partial charge in [0.2, 0.25) is 0 Å². The quantitative estimate of drug-likeness (QED) is 0.890. The number of nitrogens with zero attached hydrogens (tertiary/aromatic N) is 1. The van der Waals surface area contributed by atoms with Crippen LogP contribution in [0.4, 0.5) is 0 Å². The molecule has 1 fully saturated rings. The summed E-state index contributed by atoms with van der Waals surface area (Å²) in [6, 6.07) is 7.08. The van der Waals surface area contributed by atoms with E-state index in [9.17, 15) is 0 Å². The molecule has 18 heavy (non-hydrogen) atoms. The molecule has 3 nitrogen and oxygen atoms in total. The van der Waals surface area contributed by atoms with Gasteiger partial charge in [-0.15, -0.1) is 0 Å². The Kier molecular flexibility index (Phi) is 4.61. The molecule has 2 N–H and O–H groups in total. The van der Waals surface area contributed by atoms with Crippen LogP contribution in [0.2, 0.25) is 0 Å². The maximum Gasteiger partial charge on any atom is 0.123 e. The molecule has 1 heterocycles. The van der Waals surface area contributed by atoms with Crippen LogP contribution in [0.3, 0.4) is 0 Å². The first-order valence-corrected chi connectivity index (χ1v) is 6.84. The third kappa shape index (κ3) is 3.03. The van der Waals surface area contributed by atoms with Gasteiger partial charge in [-0.2, -0.15) is 0 Å². The molecule has 0 amide bonds. The Balaban J connectivity index is 2.08. The minimum Gasteiger partial charge on any atom is -0.496 e. The van der Waals surface area contributed by atoms with Crippen molar-refractivity contribution in [1.82, 2.24) is 4.90 Å². The van der Waals surface area contributed by atoms with Crippen molar-refractivity contribution in [3.05, 3.63) is 29.3 Å². The van der Waals surface area contributed by atoms with Gasteiger partial charge < -0.3 is 10.5 Å². The Morgan fingerprint density at radius 1 is 1.39 bits per heavy atom. The van der Waals surface area contributed by atoms with Gasteiger partial charge in [0.25, 0.3) is 0 Å². The van der Waals surface area contributed by atoms with Crippen LogP contribution >= 0.6 is 0 Å². The standard InChI is InChI=1S/C15H24N2O/c1-12-5-3-4-8-17(12)11-13-6-7-14(10-16)15(9-13)18-2/h6-7,9,12H,3-5,8,10-11,16H2,1-2H3. The second-order valence-electron chi connectivity index (χ2n) is 5.17. The SMILES string of the molecule is COc1cc(CN2CCCCC2C)ccc1CN. The van der Waals surface area contributed by atoms with Crippen molar-refractivity contribution in [2.24, 2.45) is 5.73 Å². The number of rotatable bonds is 4. The zero-order chi connectivity index (χ0) is 13.0. The second-order valence-corrected chi connectivity index (χ2v) is 5.17. The number of ether oxygens (including phenoxy) is 1. The summed E-state index contributed by atoms with van der Waals surface area (Å²) < 4.78 is 5.39. The smallest absolute Gasteiger partial charge is 0.123 e. The summed E-state index contributed by atoms with van der Waals surface area (Å²) in [4.78, 5) is 2.56. The highest BCUT2D eigenvalue weighted by Gasteiger charge is 2.18. The first kappa shape index (κ1) is 13.4. The van der Waals surface area contributed by atoms with Gasteiger partial charge in [0.15, 0.2) is 0 Å². The van der Waals surface area contributed by atoms with Crippen molar-refractivity contribution in [1.29, 1.82) is 0 Å². The maximum atomic E-state index is 5.69. The second kappa shape index (κ2) is 6.21. The number of nitrogens with two attached hydrogens (primary N) is 1. The third-order valence-corrected chi connectivity index (χ3v) is 3.90. The van der Waals surface area contributed by atoms with E-state index < -0.39 is 0 Å². The Hall–Kier alpha value is -1.06. The van der Waals surface area contributed by atoms with Crippen LogP contribution in [0.5, 0.6) is 5.75 Å². The van der Waals surface area contributed by atoms with Crippen LogP contribution in [0, 0.1) is 0 Å². The van der Waals surface area contributed by atoms with Crippen LogP contribution < -0.4 is 10.5 Å². The molecular weight excluding hydrogens is 224 g/mol. The van der Waals surface area contributed by atoms with Gasteiger partial charge in [-0.25, -0.2) is 0 Å². The lowest BCUT2D eigenvalue weighted by Crippen LogP contribution is -2.36. The Bertz CT molecular complexity index is 392. The molecule has 1 aromatic rings. The average molecular weight is 248 g/mol. The van der Waals surface area contributed by atoms with Crippen LogP contribution in [0.15, 0.2) is 18.2 Å². The van der Waals surface area contributed by atoms with E-state index in [1.807, 2.05) is 0 Å². The van der Waals surface area contributed by atoms with Gasteiger partial charge >= 0.3 is 0 Å². The molecule has 0 aliphatic carbocycles. The Morgan fingerprint density at radius 2 is 2.22 bits per heavy atom. The summed E-state index contributed by atoms with van der Waals surface area (Å²) in [6.45, 7) is 5.08. The fraction of sp³-hybridized carbons (Fsp3) is 0.600. The summed E-state index contributed by atoms with van der Waals surface area (Å²) in [5.41, 5.74) is 8.09. The van der Waals surface area contributed by atoms with Gasteiger partial charge in [0, 0.05) is 24.7 Å². The van der Waals surface area contributed by atoms with E-state index in [0.29, 0.717) is 12.6 Å². The molecule has 0 saturated carbocycles. The largest absolute Gasteiger partial charge is 0.496 e. The molecule has 1 aliphatic rings. The van der Waals surface area contributed by atoms with Crippen LogP contribution in [-0.4, -0.2) is 24.6 Å². The van der Waals surface area contributed by atoms with Crippen LogP contribution in [0.25, 0.3) is 0 Å². The van der Waals surface area contributed by atoms with Crippen molar-refractivity contribution in [2.45, 2.75) is 45.3 Å². The van der Waals surface area contributed by atoms with E-state index in [1.165, 1.54) is 31.4 Å². The minimum absolute atomic E-state index is 0.531. The molecule has 2 rings (SSSR count). The first-order chi connectivity index (χ1) is 8.74. The van der Waals surface area contributed by atoms with Gasteiger partial charge in [0.05, 0.1) is 7.11 Å². The van der Waals surface area contributed by atoms with E-state index in [4.69, 9.17) is 10.5 Å². The zero-order valence-electron chi connectivity index (χ0n) is 11.5. The summed E-state index contributed by atoms with van der Waals surface area (Å²) in [5, 5.41) is 0. The molecule has 0 aromatic heterocycles. The van der Waals surface area contributed by atoms with Gasteiger partial charge in [-0.3, -0.25) is 4.90 Å². The van der Waals surface area contributed by atoms with Crippen molar-refractivity contribution in [3.63, 3.8) is 0 Å². The van der Waals surface area contributed by atoms with Gasteiger partial charge in [-0.05, 0) is 37.9 Å². The lowest BCUT2D eigenvalue weighted by atomic mass is 10.0. The number of likely N-dealkylation sites (tertiary alicyclic amines) is 1. The highest BCUT2D eigenvalue weighted by molar-refractivity contribution is 5.37. The van der Waals surface area contributed by atoms with Crippen LogP contribution in [0.1, 0.15) is 37.3 Å². The number of piperidine rings is 1. The van der Waals surface area contributed by atoms with Gasteiger partial charge in [0.1, 0.15) is 5.75 Å². The van der Waals surface area contributed by atoms with E-state index in [2.05, 4.69) is 30.0 Å². The molecule has 1 unspecified atom stereocenters. The molecule has 0 bridgehead atoms. The lowest BCUT2D eigenvalue weighted by molar-refractivity contribution is 0.152. The molecule has 0 radical (unpaired) electrons. The summed E-state index contributed by atoms with van der Waals surface area (Å²) >= 11 is 0. The number of hydrogen-bond acceptors (Lipinski definition) is 3. The third-order valence-electron chi connectivity index (χ3n) is 3.90. The number of benzene rings is 1. The van der Waals surface area contributed by atoms with Crippen molar-refractivity contribution < 1.29 is 4.74 Å². The molecule has 1 aromatic carbocycles. The molecular formula is C15H24N2O. The predicted octanol–water partition coefficient (Wildman–Crippen LogP) is 2.53.